The molecule has 0 saturated carbocycles. The zero-order valence-electron chi connectivity index (χ0n) is 24.0. The minimum Gasteiger partial charge on any atom is -0.384 e. The van der Waals surface area contributed by atoms with Crippen molar-refractivity contribution in [2.24, 2.45) is 0 Å². The topological polar surface area (TPSA) is 24.1 Å². The van der Waals surface area contributed by atoms with Crippen LogP contribution < -0.4 is 10.6 Å². The molecular weight excluding hydrogens is 436 g/mol. The minimum absolute atomic E-state index is 1.07. The predicted octanol–water partition coefficient (Wildman–Crippen LogP) is 11.5. The van der Waals surface area contributed by atoms with Crippen molar-refractivity contribution in [3.05, 3.63) is 36.4 Å². The second-order valence-electron chi connectivity index (χ2n) is 10.9. The van der Waals surface area contributed by atoms with Crippen LogP contribution in [-0.2, 0) is 0 Å². The van der Waals surface area contributed by atoms with Gasteiger partial charge in [0, 0.05) is 29.9 Å². The summed E-state index contributed by atoms with van der Waals surface area (Å²) in [5.74, 6) is 0. The highest BCUT2D eigenvalue weighted by molar-refractivity contribution is 6.03. The Morgan fingerprint density at radius 3 is 1.11 bits per heavy atom. The van der Waals surface area contributed by atoms with Crippen LogP contribution in [0.15, 0.2) is 36.4 Å². The van der Waals surface area contributed by atoms with Crippen molar-refractivity contribution in [2.75, 3.05) is 23.7 Å². The first kappa shape index (κ1) is 30.5. The summed E-state index contributed by atoms with van der Waals surface area (Å²) >= 11 is 0. The van der Waals surface area contributed by atoms with Crippen molar-refractivity contribution >= 4 is 22.1 Å². The lowest BCUT2D eigenvalue weighted by atomic mass is 10.0. The molecule has 0 aliphatic rings. The third-order valence-corrected chi connectivity index (χ3v) is 7.60. The first-order chi connectivity index (χ1) is 17.9. The van der Waals surface area contributed by atoms with E-state index in [0.29, 0.717) is 0 Å². The van der Waals surface area contributed by atoms with Crippen LogP contribution in [-0.4, -0.2) is 13.1 Å². The van der Waals surface area contributed by atoms with Gasteiger partial charge < -0.3 is 10.6 Å². The first-order valence-electron chi connectivity index (χ1n) is 15.9. The molecule has 0 aromatic heterocycles. The van der Waals surface area contributed by atoms with Gasteiger partial charge in [-0.1, -0.05) is 154 Å². The highest BCUT2D eigenvalue weighted by atomic mass is 14.9. The van der Waals surface area contributed by atoms with E-state index in [0.717, 1.165) is 13.1 Å². The third kappa shape index (κ3) is 13.6. The molecule has 2 heteroatoms. The lowest BCUT2D eigenvalue weighted by Gasteiger charge is -2.15. The second-order valence-corrected chi connectivity index (χ2v) is 10.9. The van der Waals surface area contributed by atoms with E-state index >= 15 is 0 Å². The predicted molar refractivity (Wildman–Crippen MR) is 165 cm³/mol. The molecule has 2 N–H and O–H groups in total. The molecule has 0 amide bonds. The summed E-state index contributed by atoms with van der Waals surface area (Å²) in [6.45, 7) is 6.73. The van der Waals surface area contributed by atoms with E-state index in [1.807, 2.05) is 0 Å². The Morgan fingerprint density at radius 2 is 0.750 bits per heavy atom. The zero-order chi connectivity index (χ0) is 25.5. The van der Waals surface area contributed by atoms with Crippen LogP contribution in [0.4, 0.5) is 11.4 Å². The van der Waals surface area contributed by atoms with E-state index in [1.165, 1.54) is 151 Å². The zero-order valence-corrected chi connectivity index (χ0v) is 24.0. The van der Waals surface area contributed by atoms with Crippen molar-refractivity contribution in [3.8, 4) is 0 Å². The Morgan fingerprint density at radius 1 is 0.417 bits per heavy atom. The number of anilines is 2. The van der Waals surface area contributed by atoms with Gasteiger partial charge in [-0.15, -0.1) is 0 Å². The number of rotatable bonds is 24. The van der Waals surface area contributed by atoms with E-state index < -0.39 is 0 Å². The highest BCUT2D eigenvalue weighted by Gasteiger charge is 2.06. The molecular formula is C34H58N2. The van der Waals surface area contributed by atoms with E-state index in [1.54, 1.807) is 0 Å². The van der Waals surface area contributed by atoms with E-state index in [9.17, 15) is 0 Å². The Kier molecular flexibility index (Phi) is 18.1. The van der Waals surface area contributed by atoms with E-state index in [4.69, 9.17) is 0 Å². The summed E-state index contributed by atoms with van der Waals surface area (Å²) in [4.78, 5) is 0. The van der Waals surface area contributed by atoms with Crippen LogP contribution in [0.25, 0.3) is 10.8 Å². The lowest BCUT2D eigenvalue weighted by molar-refractivity contribution is 0.560. The molecule has 204 valence electrons. The Hall–Kier alpha value is -1.70. The summed E-state index contributed by atoms with van der Waals surface area (Å²) in [7, 11) is 0. The molecule has 0 aliphatic carbocycles. The van der Waals surface area contributed by atoms with Gasteiger partial charge in [0.15, 0.2) is 0 Å². The summed E-state index contributed by atoms with van der Waals surface area (Å²) in [6, 6.07) is 13.4. The van der Waals surface area contributed by atoms with Gasteiger partial charge in [0.25, 0.3) is 0 Å². The van der Waals surface area contributed by atoms with Crippen molar-refractivity contribution in [2.45, 2.75) is 142 Å². The molecule has 2 aromatic rings. The van der Waals surface area contributed by atoms with Gasteiger partial charge in [-0.25, -0.2) is 0 Å². The minimum atomic E-state index is 1.07. The molecule has 0 fully saturated rings. The molecule has 0 bridgehead atoms. The largest absolute Gasteiger partial charge is 0.384 e. The van der Waals surface area contributed by atoms with Crippen LogP contribution in [0, 0.1) is 0 Å². The fraction of sp³-hybridized carbons (Fsp3) is 0.706. The van der Waals surface area contributed by atoms with Gasteiger partial charge in [-0.3, -0.25) is 0 Å². The first-order valence-corrected chi connectivity index (χ1v) is 15.9. The average Bonchev–Trinajstić information content (AvgIpc) is 2.90. The summed E-state index contributed by atoms with van der Waals surface area (Å²) < 4.78 is 0. The Labute approximate surface area is 224 Å². The third-order valence-electron chi connectivity index (χ3n) is 7.60. The maximum Gasteiger partial charge on any atom is 0.0440 e. The number of benzene rings is 2. The van der Waals surface area contributed by atoms with Gasteiger partial charge in [-0.05, 0) is 30.4 Å². The van der Waals surface area contributed by atoms with Gasteiger partial charge in [0.1, 0.15) is 0 Å². The van der Waals surface area contributed by atoms with Crippen LogP contribution in [0.3, 0.4) is 0 Å². The Bertz CT molecular complexity index is 708. The molecule has 0 spiro atoms. The maximum atomic E-state index is 3.76. The maximum absolute atomic E-state index is 3.76. The van der Waals surface area contributed by atoms with Crippen molar-refractivity contribution < 1.29 is 0 Å². The number of hydrogen-bond donors (Lipinski definition) is 2. The molecule has 0 heterocycles. The van der Waals surface area contributed by atoms with Crippen LogP contribution in [0.5, 0.6) is 0 Å². The van der Waals surface area contributed by atoms with Crippen LogP contribution in [0.2, 0.25) is 0 Å². The van der Waals surface area contributed by atoms with Crippen molar-refractivity contribution in [1.82, 2.24) is 0 Å². The normalized spacial score (nSPS) is 11.3. The summed E-state index contributed by atoms with van der Waals surface area (Å²) in [6.07, 6.45) is 27.8. The van der Waals surface area contributed by atoms with Gasteiger partial charge in [0.05, 0.1) is 0 Å². The SMILES string of the molecule is CCCCCCCCCCCCNc1cccc2cccc(NCCCCCCCCCCCC)c12. The molecule has 0 saturated heterocycles. The fourth-order valence-corrected chi connectivity index (χ4v) is 5.31. The fourth-order valence-electron chi connectivity index (χ4n) is 5.31. The molecule has 0 unspecified atom stereocenters. The van der Waals surface area contributed by atoms with Crippen molar-refractivity contribution in [3.63, 3.8) is 0 Å². The molecule has 2 rings (SSSR count). The summed E-state index contributed by atoms with van der Waals surface area (Å²) in [5, 5.41) is 10.2. The van der Waals surface area contributed by atoms with E-state index in [-0.39, 0.29) is 0 Å². The molecule has 2 aromatic carbocycles. The smallest absolute Gasteiger partial charge is 0.0440 e. The number of nitrogens with one attached hydrogen (secondary N) is 2. The van der Waals surface area contributed by atoms with Gasteiger partial charge in [-0.2, -0.15) is 0 Å². The quantitative estimate of drug-likeness (QED) is 0.142. The number of fused-ring (bicyclic) bond motifs is 1. The Balaban J connectivity index is 1.63. The summed E-state index contributed by atoms with van der Waals surface area (Å²) in [5.41, 5.74) is 2.57. The monoisotopic (exact) mass is 494 g/mol. The molecule has 0 atom stereocenters. The molecule has 2 nitrogen and oxygen atoms in total. The second kappa shape index (κ2) is 21.4. The molecule has 0 radical (unpaired) electrons. The van der Waals surface area contributed by atoms with Crippen LogP contribution >= 0.6 is 0 Å². The lowest BCUT2D eigenvalue weighted by Crippen LogP contribution is -2.05. The highest BCUT2D eigenvalue weighted by Crippen LogP contribution is 2.31. The van der Waals surface area contributed by atoms with Crippen molar-refractivity contribution in [1.29, 1.82) is 0 Å². The molecule has 36 heavy (non-hydrogen) atoms. The standard InChI is InChI=1S/C34H58N2/c1-3-5-7-9-11-13-15-17-19-21-29-35-32-27-23-25-31-26-24-28-33(34(31)32)36-30-22-20-18-16-14-12-10-8-6-4-2/h23-28,35-36H,3-22,29-30H2,1-2H3. The number of unbranched alkanes of at least 4 members (excludes halogenated alkanes) is 18. The van der Waals surface area contributed by atoms with Gasteiger partial charge >= 0.3 is 0 Å². The molecule has 0 aliphatic heterocycles. The van der Waals surface area contributed by atoms with E-state index in [2.05, 4.69) is 60.9 Å². The van der Waals surface area contributed by atoms with Crippen LogP contribution in [0.1, 0.15) is 142 Å². The van der Waals surface area contributed by atoms with Gasteiger partial charge in [0.2, 0.25) is 0 Å². The average molecular weight is 495 g/mol. The number of hydrogen-bond acceptors (Lipinski definition) is 2.